The second-order valence-corrected chi connectivity index (χ2v) is 5.34. The van der Waals surface area contributed by atoms with Gasteiger partial charge in [0.1, 0.15) is 5.69 Å². The lowest BCUT2D eigenvalue weighted by Crippen LogP contribution is -2.26. The number of benzene rings is 1. The lowest BCUT2D eigenvalue weighted by molar-refractivity contribution is 0.0780. The lowest BCUT2D eigenvalue weighted by Gasteiger charge is -2.15. The molecule has 0 saturated carbocycles. The molecule has 3 aromatic rings. The van der Waals surface area contributed by atoms with E-state index < -0.39 is 0 Å². The number of hydrogen-bond acceptors (Lipinski definition) is 2. The van der Waals surface area contributed by atoms with Gasteiger partial charge in [-0.15, -0.1) is 0 Å². The van der Waals surface area contributed by atoms with Gasteiger partial charge >= 0.3 is 0 Å². The number of aromatic nitrogens is 1. The highest BCUT2D eigenvalue weighted by Gasteiger charge is 2.14. The average Bonchev–Trinajstić information content (AvgIpc) is 3.05. The molecule has 0 spiro atoms. The fourth-order valence-corrected chi connectivity index (χ4v) is 2.78. The van der Waals surface area contributed by atoms with Crippen LogP contribution in [0, 0.1) is 0 Å². The lowest BCUT2D eigenvalue weighted by atomic mass is 10.2. The van der Waals surface area contributed by atoms with E-state index in [1.165, 1.54) is 0 Å². The molecule has 0 radical (unpaired) electrons. The van der Waals surface area contributed by atoms with E-state index in [1.54, 1.807) is 16.2 Å². The van der Waals surface area contributed by atoms with Crippen LogP contribution in [-0.4, -0.2) is 22.8 Å². The minimum atomic E-state index is 0.0161. The molecule has 3 rings (SSSR count). The average molecular weight is 270 g/mol. The van der Waals surface area contributed by atoms with Crippen molar-refractivity contribution in [1.82, 2.24) is 9.88 Å². The van der Waals surface area contributed by atoms with Crippen LogP contribution in [0.5, 0.6) is 0 Å². The summed E-state index contributed by atoms with van der Waals surface area (Å²) in [5, 5.41) is 5.15. The van der Waals surface area contributed by atoms with Crippen LogP contribution in [0.15, 0.2) is 47.2 Å². The van der Waals surface area contributed by atoms with Gasteiger partial charge in [0.05, 0.1) is 0 Å². The Morgan fingerprint density at radius 1 is 1.32 bits per heavy atom. The highest BCUT2D eigenvalue weighted by Crippen LogP contribution is 2.17. The van der Waals surface area contributed by atoms with E-state index in [0.717, 1.165) is 16.5 Å². The van der Waals surface area contributed by atoms with Gasteiger partial charge in [-0.2, -0.15) is 11.3 Å². The molecule has 2 heterocycles. The second kappa shape index (κ2) is 4.90. The standard InChI is InChI=1S/C15H14N2OS/c1-17(9-11-6-7-19-10-11)15(18)14-8-12-4-2-3-5-13(12)16-14/h2-8,10,16H,9H2,1H3. The quantitative estimate of drug-likeness (QED) is 0.777. The maximum atomic E-state index is 12.3. The number of thiophene rings is 1. The molecule has 1 amide bonds. The van der Waals surface area contributed by atoms with Crippen LogP contribution in [-0.2, 0) is 6.54 Å². The number of para-hydroxylation sites is 1. The van der Waals surface area contributed by atoms with E-state index >= 15 is 0 Å². The molecule has 1 N–H and O–H groups in total. The summed E-state index contributed by atoms with van der Waals surface area (Å²) in [6.07, 6.45) is 0. The van der Waals surface area contributed by atoms with Gasteiger partial charge in [-0.1, -0.05) is 18.2 Å². The Morgan fingerprint density at radius 2 is 2.16 bits per heavy atom. The molecule has 0 bridgehead atoms. The summed E-state index contributed by atoms with van der Waals surface area (Å²) in [7, 11) is 1.82. The first kappa shape index (κ1) is 12.0. The molecule has 0 fully saturated rings. The number of H-pyrrole nitrogens is 1. The Hall–Kier alpha value is -2.07. The number of carbonyl (C=O) groups excluding carboxylic acids is 1. The topological polar surface area (TPSA) is 36.1 Å². The van der Waals surface area contributed by atoms with Gasteiger partial charge in [0.2, 0.25) is 0 Å². The molecule has 1 aromatic carbocycles. The highest BCUT2D eigenvalue weighted by atomic mass is 32.1. The maximum absolute atomic E-state index is 12.3. The van der Waals surface area contributed by atoms with Crippen molar-refractivity contribution in [3.8, 4) is 0 Å². The fourth-order valence-electron chi connectivity index (χ4n) is 2.12. The normalized spacial score (nSPS) is 10.8. The Kier molecular flexibility index (Phi) is 3.09. The zero-order valence-electron chi connectivity index (χ0n) is 10.6. The van der Waals surface area contributed by atoms with E-state index in [0.29, 0.717) is 12.2 Å². The van der Waals surface area contributed by atoms with Crippen LogP contribution < -0.4 is 0 Å². The third kappa shape index (κ3) is 2.39. The predicted octanol–water partition coefficient (Wildman–Crippen LogP) is 3.50. The molecule has 96 valence electrons. The van der Waals surface area contributed by atoms with Crippen molar-refractivity contribution in [2.24, 2.45) is 0 Å². The number of hydrogen-bond donors (Lipinski definition) is 1. The largest absolute Gasteiger partial charge is 0.351 e. The summed E-state index contributed by atoms with van der Waals surface area (Å²) in [5.41, 5.74) is 2.80. The van der Waals surface area contributed by atoms with E-state index in [-0.39, 0.29) is 5.91 Å². The van der Waals surface area contributed by atoms with E-state index in [4.69, 9.17) is 0 Å². The van der Waals surface area contributed by atoms with Crippen molar-refractivity contribution in [1.29, 1.82) is 0 Å². The smallest absolute Gasteiger partial charge is 0.270 e. The summed E-state index contributed by atoms with van der Waals surface area (Å²) in [6.45, 7) is 0.637. The fraction of sp³-hybridized carbons (Fsp3) is 0.133. The predicted molar refractivity (Wildman–Crippen MR) is 78.4 cm³/mol. The van der Waals surface area contributed by atoms with Crippen LogP contribution in [0.2, 0.25) is 0 Å². The molecule has 0 aliphatic carbocycles. The molecular formula is C15H14N2OS. The molecule has 4 heteroatoms. The minimum absolute atomic E-state index is 0.0161. The number of aromatic amines is 1. The number of carbonyl (C=O) groups is 1. The summed E-state index contributed by atoms with van der Waals surface area (Å²) >= 11 is 1.65. The van der Waals surface area contributed by atoms with Gasteiger partial charge < -0.3 is 9.88 Å². The van der Waals surface area contributed by atoms with Crippen LogP contribution in [0.3, 0.4) is 0 Å². The second-order valence-electron chi connectivity index (χ2n) is 4.56. The van der Waals surface area contributed by atoms with Crippen molar-refractivity contribution in [2.45, 2.75) is 6.54 Å². The minimum Gasteiger partial charge on any atom is -0.351 e. The van der Waals surface area contributed by atoms with Crippen LogP contribution >= 0.6 is 11.3 Å². The molecule has 0 aliphatic rings. The third-order valence-corrected chi connectivity index (χ3v) is 3.84. The van der Waals surface area contributed by atoms with E-state index in [1.807, 2.05) is 48.8 Å². The van der Waals surface area contributed by atoms with E-state index in [2.05, 4.69) is 10.4 Å². The summed E-state index contributed by atoms with van der Waals surface area (Å²) in [4.78, 5) is 17.2. The molecule has 3 nitrogen and oxygen atoms in total. The number of fused-ring (bicyclic) bond motifs is 1. The summed E-state index contributed by atoms with van der Waals surface area (Å²) < 4.78 is 0. The molecule has 0 saturated heterocycles. The highest BCUT2D eigenvalue weighted by molar-refractivity contribution is 7.07. The summed E-state index contributed by atoms with van der Waals surface area (Å²) in [6, 6.07) is 11.9. The van der Waals surface area contributed by atoms with Crippen molar-refractivity contribution in [3.05, 3.63) is 58.4 Å². The zero-order valence-corrected chi connectivity index (χ0v) is 11.4. The van der Waals surface area contributed by atoms with Gasteiger partial charge in [-0.05, 0) is 34.5 Å². The third-order valence-electron chi connectivity index (χ3n) is 3.11. The molecule has 19 heavy (non-hydrogen) atoms. The van der Waals surface area contributed by atoms with Crippen LogP contribution in [0.1, 0.15) is 16.1 Å². The molecular weight excluding hydrogens is 256 g/mol. The Balaban J connectivity index is 1.82. The monoisotopic (exact) mass is 270 g/mol. The number of nitrogens with zero attached hydrogens (tertiary/aromatic N) is 1. The van der Waals surface area contributed by atoms with Crippen molar-refractivity contribution >= 4 is 28.1 Å². The van der Waals surface area contributed by atoms with Gasteiger partial charge in [0, 0.05) is 24.5 Å². The number of nitrogens with one attached hydrogen (secondary N) is 1. The SMILES string of the molecule is CN(Cc1ccsc1)C(=O)c1cc2ccccc2[nH]1. The van der Waals surface area contributed by atoms with Crippen LogP contribution in [0.4, 0.5) is 0 Å². The van der Waals surface area contributed by atoms with Crippen molar-refractivity contribution < 1.29 is 4.79 Å². The summed E-state index contributed by atoms with van der Waals surface area (Å²) in [5.74, 6) is 0.0161. The van der Waals surface area contributed by atoms with Crippen molar-refractivity contribution in [2.75, 3.05) is 7.05 Å². The van der Waals surface area contributed by atoms with Gasteiger partial charge in [-0.3, -0.25) is 4.79 Å². The van der Waals surface area contributed by atoms with E-state index in [9.17, 15) is 4.79 Å². The first-order valence-electron chi connectivity index (χ1n) is 6.08. The molecule has 0 unspecified atom stereocenters. The Bertz CT molecular complexity index is 667. The number of amides is 1. The number of rotatable bonds is 3. The zero-order chi connectivity index (χ0) is 13.2. The van der Waals surface area contributed by atoms with Gasteiger partial charge in [-0.25, -0.2) is 0 Å². The van der Waals surface area contributed by atoms with Gasteiger partial charge in [0.15, 0.2) is 0 Å². The molecule has 0 aliphatic heterocycles. The van der Waals surface area contributed by atoms with Crippen molar-refractivity contribution in [3.63, 3.8) is 0 Å². The molecule has 0 atom stereocenters. The maximum Gasteiger partial charge on any atom is 0.270 e. The first-order valence-corrected chi connectivity index (χ1v) is 7.02. The Labute approximate surface area is 115 Å². The first-order chi connectivity index (χ1) is 9.24. The van der Waals surface area contributed by atoms with Crippen LogP contribution in [0.25, 0.3) is 10.9 Å². The van der Waals surface area contributed by atoms with Gasteiger partial charge in [0.25, 0.3) is 5.91 Å². The molecule has 2 aromatic heterocycles. The Morgan fingerprint density at radius 3 is 2.89 bits per heavy atom.